The van der Waals surface area contributed by atoms with Crippen LogP contribution in [0.2, 0.25) is 0 Å². The molecule has 2 aliphatic rings. The van der Waals surface area contributed by atoms with E-state index in [2.05, 4.69) is 33.0 Å². The van der Waals surface area contributed by atoms with Gasteiger partial charge in [-0.25, -0.2) is 9.78 Å². The number of anilines is 1. The standard InChI is InChI=1S/C26H33N5O3/c1-26(2,3)34-25(33)31-14-13-30(17-20(31)9-11-27)23-15-24(32)28-22-18-29(12-10-21(22)23)16-19-7-5-4-6-8-19/h4-8,15,20H,9-10,12-14,16-18H2,1-3H3,(H,28,32)/t20-/m0/s1. The number of fused-ring (bicyclic) bond motifs is 1. The lowest BCUT2D eigenvalue weighted by atomic mass is 10.00. The van der Waals surface area contributed by atoms with E-state index in [4.69, 9.17) is 4.74 Å². The summed E-state index contributed by atoms with van der Waals surface area (Å²) in [4.78, 5) is 23.4. The van der Waals surface area contributed by atoms with Crippen molar-refractivity contribution < 1.29 is 14.6 Å². The Morgan fingerprint density at radius 3 is 2.71 bits per heavy atom. The number of hydrogen-bond donors (Lipinski definition) is 1. The third-order valence-electron chi connectivity index (χ3n) is 6.25. The van der Waals surface area contributed by atoms with E-state index in [0.717, 1.165) is 36.5 Å². The fourth-order valence-corrected chi connectivity index (χ4v) is 4.73. The summed E-state index contributed by atoms with van der Waals surface area (Å²) in [6.45, 7) is 9.51. The molecule has 2 aromatic rings. The highest BCUT2D eigenvalue weighted by Crippen LogP contribution is 2.33. The van der Waals surface area contributed by atoms with Crippen LogP contribution in [0.4, 0.5) is 10.5 Å². The Kier molecular flexibility index (Phi) is 6.94. The van der Waals surface area contributed by atoms with Crippen LogP contribution in [0, 0.1) is 11.3 Å². The van der Waals surface area contributed by atoms with Crippen LogP contribution in [0.5, 0.6) is 5.88 Å². The Balaban J connectivity index is 1.52. The van der Waals surface area contributed by atoms with Crippen LogP contribution in [0.3, 0.4) is 0 Å². The van der Waals surface area contributed by atoms with E-state index >= 15 is 0 Å². The average Bonchev–Trinajstić information content (AvgIpc) is 2.78. The molecule has 3 heterocycles. The highest BCUT2D eigenvalue weighted by atomic mass is 16.6. The number of aromatic nitrogens is 1. The third-order valence-corrected chi connectivity index (χ3v) is 6.25. The van der Waals surface area contributed by atoms with Gasteiger partial charge in [0, 0.05) is 51.0 Å². The second-order valence-corrected chi connectivity index (χ2v) is 10.0. The number of aromatic hydroxyl groups is 1. The molecule has 0 unspecified atom stereocenters. The summed E-state index contributed by atoms with van der Waals surface area (Å²) in [6.07, 6.45) is 0.670. The number of benzene rings is 1. The first kappa shape index (κ1) is 23.8. The number of hydrogen-bond acceptors (Lipinski definition) is 7. The Labute approximate surface area is 201 Å². The van der Waals surface area contributed by atoms with Crippen molar-refractivity contribution in [3.63, 3.8) is 0 Å². The topological polar surface area (TPSA) is 92.9 Å². The number of nitriles is 1. The van der Waals surface area contributed by atoms with E-state index < -0.39 is 5.60 Å². The van der Waals surface area contributed by atoms with E-state index in [1.54, 1.807) is 11.0 Å². The van der Waals surface area contributed by atoms with Gasteiger partial charge in [0.1, 0.15) is 5.60 Å². The zero-order valence-corrected chi connectivity index (χ0v) is 20.2. The third kappa shape index (κ3) is 5.60. The SMILES string of the molecule is CC(C)(C)OC(=O)N1CCN(c2cc(O)nc3c2CCN(Cc2ccccc2)C3)C[C@@H]1CC#N. The van der Waals surface area contributed by atoms with Crippen LogP contribution in [0.1, 0.15) is 44.0 Å². The minimum Gasteiger partial charge on any atom is -0.493 e. The second kappa shape index (κ2) is 9.90. The van der Waals surface area contributed by atoms with Crippen molar-refractivity contribution in [1.82, 2.24) is 14.8 Å². The molecule has 1 saturated heterocycles. The molecule has 0 radical (unpaired) electrons. The van der Waals surface area contributed by atoms with Gasteiger partial charge in [0.2, 0.25) is 5.88 Å². The van der Waals surface area contributed by atoms with Gasteiger partial charge >= 0.3 is 6.09 Å². The lowest BCUT2D eigenvalue weighted by Gasteiger charge is -2.43. The maximum absolute atomic E-state index is 12.7. The molecule has 1 aromatic heterocycles. The summed E-state index contributed by atoms with van der Waals surface area (Å²) in [5.41, 5.74) is 3.65. The van der Waals surface area contributed by atoms with E-state index in [0.29, 0.717) is 26.2 Å². The highest BCUT2D eigenvalue weighted by Gasteiger charge is 2.35. The van der Waals surface area contributed by atoms with Gasteiger partial charge < -0.3 is 19.6 Å². The Bertz CT molecular complexity index is 1060. The van der Waals surface area contributed by atoms with Crippen molar-refractivity contribution in [2.75, 3.05) is 31.1 Å². The lowest BCUT2D eigenvalue weighted by molar-refractivity contribution is 0.0145. The quantitative estimate of drug-likeness (QED) is 0.739. The predicted molar refractivity (Wildman–Crippen MR) is 129 cm³/mol. The summed E-state index contributed by atoms with van der Waals surface area (Å²) in [5.74, 6) is 0.00159. The molecule has 1 atom stereocenters. The van der Waals surface area contributed by atoms with Crippen LogP contribution in [0.25, 0.3) is 0 Å². The largest absolute Gasteiger partial charge is 0.493 e. The lowest BCUT2D eigenvalue weighted by Crippen LogP contribution is -2.56. The molecule has 0 bridgehead atoms. The molecule has 0 saturated carbocycles. The smallest absolute Gasteiger partial charge is 0.410 e. The number of nitrogens with zero attached hydrogens (tertiary/aromatic N) is 5. The predicted octanol–water partition coefficient (Wildman–Crippen LogP) is 3.68. The molecule has 1 aromatic carbocycles. The first-order valence-corrected chi connectivity index (χ1v) is 11.8. The molecule has 1 fully saturated rings. The van der Waals surface area contributed by atoms with Crippen molar-refractivity contribution in [1.29, 1.82) is 5.26 Å². The Morgan fingerprint density at radius 2 is 2.00 bits per heavy atom. The highest BCUT2D eigenvalue weighted by molar-refractivity contribution is 5.69. The van der Waals surface area contributed by atoms with Gasteiger partial charge in [-0.3, -0.25) is 4.90 Å². The van der Waals surface area contributed by atoms with Crippen molar-refractivity contribution >= 4 is 11.8 Å². The minimum absolute atomic E-state index is 0.00159. The minimum atomic E-state index is -0.590. The molecule has 8 heteroatoms. The van der Waals surface area contributed by atoms with Crippen LogP contribution < -0.4 is 4.90 Å². The van der Waals surface area contributed by atoms with E-state index in [1.807, 2.05) is 39.0 Å². The maximum Gasteiger partial charge on any atom is 0.410 e. The summed E-state index contributed by atoms with van der Waals surface area (Å²) >= 11 is 0. The van der Waals surface area contributed by atoms with Crippen molar-refractivity contribution in [3.8, 4) is 11.9 Å². The molecule has 34 heavy (non-hydrogen) atoms. The zero-order chi connectivity index (χ0) is 24.3. The van der Waals surface area contributed by atoms with Crippen molar-refractivity contribution in [3.05, 3.63) is 53.2 Å². The molecule has 4 rings (SSSR count). The van der Waals surface area contributed by atoms with Crippen molar-refractivity contribution in [2.24, 2.45) is 0 Å². The monoisotopic (exact) mass is 463 g/mol. The maximum atomic E-state index is 12.7. The van der Waals surface area contributed by atoms with Crippen LogP contribution >= 0.6 is 0 Å². The van der Waals surface area contributed by atoms with Gasteiger partial charge in [0.05, 0.1) is 24.2 Å². The Morgan fingerprint density at radius 1 is 1.24 bits per heavy atom. The van der Waals surface area contributed by atoms with E-state index in [9.17, 15) is 15.2 Å². The van der Waals surface area contributed by atoms with Gasteiger partial charge in [-0.2, -0.15) is 5.26 Å². The number of carbonyl (C=O) groups is 1. The summed E-state index contributed by atoms with van der Waals surface area (Å²) in [7, 11) is 0. The Hall–Kier alpha value is -3.31. The molecule has 0 aliphatic carbocycles. The molecular formula is C26H33N5O3. The van der Waals surface area contributed by atoms with E-state index in [-0.39, 0.29) is 24.4 Å². The van der Waals surface area contributed by atoms with Crippen LogP contribution in [-0.2, 0) is 24.2 Å². The van der Waals surface area contributed by atoms with Gasteiger partial charge in [0.25, 0.3) is 0 Å². The van der Waals surface area contributed by atoms with Gasteiger partial charge in [-0.15, -0.1) is 0 Å². The van der Waals surface area contributed by atoms with E-state index in [1.165, 1.54) is 5.56 Å². The second-order valence-electron chi connectivity index (χ2n) is 10.0. The number of amides is 1. The first-order valence-electron chi connectivity index (χ1n) is 11.8. The molecule has 180 valence electrons. The molecule has 0 spiro atoms. The summed E-state index contributed by atoms with van der Waals surface area (Å²) in [5, 5.41) is 19.8. The molecule has 1 amide bonds. The van der Waals surface area contributed by atoms with Gasteiger partial charge in [-0.1, -0.05) is 30.3 Å². The van der Waals surface area contributed by atoms with Crippen LogP contribution in [0.15, 0.2) is 36.4 Å². The summed E-state index contributed by atoms with van der Waals surface area (Å²) in [6, 6.07) is 14.0. The summed E-state index contributed by atoms with van der Waals surface area (Å²) < 4.78 is 5.57. The number of rotatable bonds is 4. The number of carbonyl (C=O) groups excluding carboxylic acids is 1. The average molecular weight is 464 g/mol. The molecule has 2 aliphatic heterocycles. The molecular weight excluding hydrogens is 430 g/mol. The number of ether oxygens (including phenoxy) is 1. The van der Waals surface area contributed by atoms with Crippen LogP contribution in [-0.4, -0.2) is 63.8 Å². The molecule has 8 nitrogen and oxygen atoms in total. The zero-order valence-electron chi connectivity index (χ0n) is 20.2. The number of pyridine rings is 1. The van der Waals surface area contributed by atoms with Crippen molar-refractivity contribution in [2.45, 2.75) is 58.3 Å². The fourth-order valence-electron chi connectivity index (χ4n) is 4.73. The first-order chi connectivity index (χ1) is 16.2. The normalized spacial score (nSPS) is 18.8. The van der Waals surface area contributed by atoms with Gasteiger partial charge in [-0.05, 0) is 38.3 Å². The molecule has 1 N–H and O–H groups in total. The fraction of sp³-hybridized carbons (Fsp3) is 0.500. The van der Waals surface area contributed by atoms with Gasteiger partial charge in [0.15, 0.2) is 0 Å². The number of piperazine rings is 1.